The number of rotatable bonds is 3. The monoisotopic (exact) mass is 297 g/mol. The molecule has 3 unspecified atom stereocenters. The lowest BCUT2D eigenvalue weighted by molar-refractivity contribution is 0.0319. The van der Waals surface area contributed by atoms with Gasteiger partial charge in [-0.25, -0.2) is 0 Å². The Morgan fingerprint density at radius 3 is 2.95 bits per heavy atom. The van der Waals surface area contributed by atoms with Crippen LogP contribution in [0, 0.1) is 11.8 Å². The third-order valence-corrected chi connectivity index (χ3v) is 6.12. The molecule has 116 valence electrons. The van der Waals surface area contributed by atoms with Gasteiger partial charge < -0.3 is 14.4 Å². The average molecular weight is 297 g/mol. The van der Waals surface area contributed by atoms with Crippen LogP contribution in [0.15, 0.2) is 36.4 Å². The minimum atomic E-state index is -0.000982. The van der Waals surface area contributed by atoms with Crippen LogP contribution in [0.3, 0.4) is 0 Å². The smallest absolute Gasteiger partial charge is 0.119 e. The van der Waals surface area contributed by atoms with Crippen LogP contribution in [0.2, 0.25) is 0 Å². The van der Waals surface area contributed by atoms with Crippen molar-refractivity contribution in [2.24, 2.45) is 11.8 Å². The highest BCUT2D eigenvalue weighted by Gasteiger charge is 2.65. The van der Waals surface area contributed by atoms with Gasteiger partial charge in [-0.15, -0.1) is 0 Å². The van der Waals surface area contributed by atoms with Crippen LogP contribution in [0.5, 0.6) is 5.75 Å². The van der Waals surface area contributed by atoms with Gasteiger partial charge in [-0.1, -0.05) is 18.6 Å². The lowest BCUT2D eigenvalue weighted by Crippen LogP contribution is -2.41. The molecule has 4 aliphatic rings. The molecule has 1 aromatic carbocycles. The summed E-state index contributed by atoms with van der Waals surface area (Å²) in [5.74, 6) is 2.40. The molecule has 2 bridgehead atoms. The number of ether oxygens (including phenoxy) is 2. The van der Waals surface area contributed by atoms with E-state index < -0.39 is 0 Å². The maximum Gasteiger partial charge on any atom is 0.119 e. The number of nitrogens with zero attached hydrogens (tertiary/aromatic N) is 1. The van der Waals surface area contributed by atoms with Gasteiger partial charge in [0.1, 0.15) is 11.4 Å². The quantitative estimate of drug-likeness (QED) is 0.798. The Bertz CT molecular complexity index is 610. The molecule has 3 heterocycles. The molecule has 0 aromatic heterocycles. The molecule has 3 aliphatic heterocycles. The first kappa shape index (κ1) is 13.0. The van der Waals surface area contributed by atoms with Crippen molar-refractivity contribution < 1.29 is 9.47 Å². The molecule has 3 heteroatoms. The molecular formula is C19H23NO2. The van der Waals surface area contributed by atoms with Crippen LogP contribution in [0.1, 0.15) is 26.2 Å². The molecule has 1 aromatic rings. The summed E-state index contributed by atoms with van der Waals surface area (Å²) in [7, 11) is 0. The minimum Gasteiger partial charge on any atom is -0.494 e. The van der Waals surface area contributed by atoms with E-state index >= 15 is 0 Å². The zero-order chi connectivity index (χ0) is 14.7. The van der Waals surface area contributed by atoms with Gasteiger partial charge in [-0.05, 0) is 49.9 Å². The van der Waals surface area contributed by atoms with Gasteiger partial charge in [0.15, 0.2) is 0 Å². The Balaban J connectivity index is 1.48. The number of hydrogen-bond donors (Lipinski definition) is 0. The summed E-state index contributed by atoms with van der Waals surface area (Å²) in [5.41, 5.74) is 1.32. The molecule has 0 amide bonds. The molecule has 3 fully saturated rings. The lowest BCUT2D eigenvalue weighted by atomic mass is 9.68. The van der Waals surface area contributed by atoms with Gasteiger partial charge in [0.05, 0.1) is 19.3 Å². The standard InChI is InChI=1S/C19H23NO2/c1-2-21-14-8-6-13(7-9-14)20-12-19-11-10-17(22-19)15-4-3-5-16(20)18(15)19/h6-11,15-18H,2-5,12H2,1H3/t15?,16?,17-,18?,19-/m1/s1. The second-order valence-electron chi connectivity index (χ2n) is 7.14. The third-order valence-electron chi connectivity index (χ3n) is 6.12. The largest absolute Gasteiger partial charge is 0.494 e. The van der Waals surface area contributed by atoms with Crippen molar-refractivity contribution in [3.63, 3.8) is 0 Å². The summed E-state index contributed by atoms with van der Waals surface area (Å²) in [5, 5.41) is 0. The Hall–Kier alpha value is -1.48. The molecular weight excluding hydrogens is 274 g/mol. The van der Waals surface area contributed by atoms with Crippen molar-refractivity contribution in [2.45, 2.75) is 43.9 Å². The first-order valence-corrected chi connectivity index (χ1v) is 8.67. The van der Waals surface area contributed by atoms with Gasteiger partial charge in [0.2, 0.25) is 0 Å². The predicted octanol–water partition coefficient (Wildman–Crippen LogP) is 3.40. The summed E-state index contributed by atoms with van der Waals surface area (Å²) in [6.07, 6.45) is 9.07. The molecule has 1 saturated carbocycles. The fraction of sp³-hybridized carbons (Fsp3) is 0.579. The highest BCUT2D eigenvalue weighted by molar-refractivity contribution is 5.54. The second kappa shape index (κ2) is 4.51. The topological polar surface area (TPSA) is 21.7 Å². The van der Waals surface area contributed by atoms with Gasteiger partial charge in [-0.3, -0.25) is 0 Å². The van der Waals surface area contributed by atoms with Crippen molar-refractivity contribution >= 4 is 5.69 Å². The summed E-state index contributed by atoms with van der Waals surface area (Å²) in [6.45, 7) is 3.76. The SMILES string of the molecule is CCOc1ccc(N2C[C@@]34C=C[C@@H](O3)C3CCCC2C34)cc1. The van der Waals surface area contributed by atoms with E-state index in [1.54, 1.807) is 0 Å². The Morgan fingerprint density at radius 2 is 2.14 bits per heavy atom. The van der Waals surface area contributed by atoms with Crippen molar-refractivity contribution in [1.29, 1.82) is 0 Å². The van der Waals surface area contributed by atoms with E-state index in [0.717, 1.165) is 24.8 Å². The zero-order valence-corrected chi connectivity index (χ0v) is 13.1. The summed E-state index contributed by atoms with van der Waals surface area (Å²) in [4.78, 5) is 2.60. The Morgan fingerprint density at radius 1 is 1.27 bits per heavy atom. The number of hydrogen-bond acceptors (Lipinski definition) is 3. The lowest BCUT2D eigenvalue weighted by Gasteiger charge is -2.37. The Kier molecular flexibility index (Phi) is 2.67. The maximum absolute atomic E-state index is 6.43. The third kappa shape index (κ3) is 1.60. The second-order valence-corrected chi connectivity index (χ2v) is 7.14. The average Bonchev–Trinajstić information content (AvgIpc) is 3.21. The Labute approximate surface area is 131 Å². The van der Waals surface area contributed by atoms with E-state index in [9.17, 15) is 0 Å². The van der Waals surface area contributed by atoms with E-state index in [1.807, 2.05) is 6.92 Å². The normalized spacial score (nSPS) is 41.0. The van der Waals surface area contributed by atoms with Crippen LogP contribution < -0.4 is 9.64 Å². The maximum atomic E-state index is 6.43. The number of benzene rings is 1. The molecule has 0 radical (unpaired) electrons. The summed E-state index contributed by atoms with van der Waals surface area (Å²) in [6, 6.07) is 9.26. The molecule has 1 aliphatic carbocycles. The minimum absolute atomic E-state index is 0.000982. The van der Waals surface area contributed by atoms with Crippen molar-refractivity contribution in [2.75, 3.05) is 18.1 Å². The summed E-state index contributed by atoms with van der Waals surface area (Å²) >= 11 is 0. The molecule has 5 rings (SSSR count). The fourth-order valence-electron chi connectivity index (χ4n) is 5.39. The van der Waals surface area contributed by atoms with Crippen LogP contribution in [-0.2, 0) is 4.74 Å². The molecule has 1 spiro atoms. The van der Waals surface area contributed by atoms with Crippen LogP contribution in [0.25, 0.3) is 0 Å². The van der Waals surface area contributed by atoms with Crippen molar-refractivity contribution in [3.8, 4) is 5.75 Å². The molecule has 22 heavy (non-hydrogen) atoms. The van der Waals surface area contributed by atoms with Gasteiger partial charge in [0, 0.05) is 17.6 Å². The van der Waals surface area contributed by atoms with E-state index in [4.69, 9.17) is 9.47 Å². The van der Waals surface area contributed by atoms with E-state index in [2.05, 4.69) is 41.3 Å². The van der Waals surface area contributed by atoms with Crippen LogP contribution in [-0.4, -0.2) is 30.9 Å². The number of anilines is 1. The van der Waals surface area contributed by atoms with E-state index in [0.29, 0.717) is 18.1 Å². The van der Waals surface area contributed by atoms with Crippen LogP contribution in [0.4, 0.5) is 5.69 Å². The molecule has 5 atom stereocenters. The predicted molar refractivity (Wildman–Crippen MR) is 86.3 cm³/mol. The zero-order valence-electron chi connectivity index (χ0n) is 13.1. The van der Waals surface area contributed by atoms with E-state index in [-0.39, 0.29) is 5.60 Å². The fourth-order valence-corrected chi connectivity index (χ4v) is 5.39. The van der Waals surface area contributed by atoms with Gasteiger partial charge in [0.25, 0.3) is 0 Å². The first-order chi connectivity index (χ1) is 10.8. The van der Waals surface area contributed by atoms with E-state index in [1.165, 1.54) is 24.9 Å². The highest BCUT2D eigenvalue weighted by Crippen LogP contribution is 2.58. The number of fused-ring (bicyclic) bond motifs is 2. The van der Waals surface area contributed by atoms with Crippen molar-refractivity contribution in [3.05, 3.63) is 36.4 Å². The van der Waals surface area contributed by atoms with Crippen molar-refractivity contribution in [1.82, 2.24) is 0 Å². The van der Waals surface area contributed by atoms with Crippen LogP contribution >= 0.6 is 0 Å². The molecule has 0 N–H and O–H groups in total. The summed E-state index contributed by atoms with van der Waals surface area (Å²) < 4.78 is 12.0. The molecule has 3 nitrogen and oxygen atoms in total. The first-order valence-electron chi connectivity index (χ1n) is 8.67. The van der Waals surface area contributed by atoms with Gasteiger partial charge >= 0.3 is 0 Å². The van der Waals surface area contributed by atoms with Gasteiger partial charge in [-0.2, -0.15) is 0 Å². The highest BCUT2D eigenvalue weighted by atomic mass is 16.5. The molecule has 2 saturated heterocycles.